The quantitative estimate of drug-likeness (QED) is 0.419. The second-order valence-electron chi connectivity index (χ2n) is 3.82. The van der Waals surface area contributed by atoms with Gasteiger partial charge in [-0.2, -0.15) is 0 Å². The van der Waals surface area contributed by atoms with E-state index in [1.165, 1.54) is 48.9 Å². The molecule has 0 aromatic carbocycles. The van der Waals surface area contributed by atoms with Crippen molar-refractivity contribution in [1.82, 2.24) is 0 Å². The van der Waals surface area contributed by atoms with Crippen molar-refractivity contribution < 1.29 is 3.73 Å². The van der Waals surface area contributed by atoms with Crippen LogP contribution in [0.1, 0.15) is 59.3 Å². The van der Waals surface area contributed by atoms with Gasteiger partial charge in [0.25, 0.3) is 0 Å². The van der Waals surface area contributed by atoms with E-state index < -0.39 is 15.0 Å². The molecule has 0 aliphatic heterocycles. The summed E-state index contributed by atoms with van der Waals surface area (Å²) in [6.07, 6.45) is 7.95. The average molecular weight is 262 g/mol. The third-order valence-electron chi connectivity index (χ3n) is 2.29. The maximum absolute atomic E-state index is 6.03. The van der Waals surface area contributed by atoms with Crippen LogP contribution < -0.4 is 0 Å². The Morgan fingerprint density at radius 2 is 1.29 bits per heavy atom. The van der Waals surface area contributed by atoms with Crippen molar-refractivity contribution >= 4 is 15.0 Å². The number of unbranched alkanes of at least 4 members (excludes halogenated alkanes) is 3. The molecule has 0 aliphatic rings. The summed E-state index contributed by atoms with van der Waals surface area (Å²) in [6, 6.07) is 0. The Morgan fingerprint density at radius 1 is 0.786 bits per heavy atom. The Labute approximate surface area is 95.2 Å². The molecule has 14 heavy (non-hydrogen) atoms. The molecule has 0 fully saturated rings. The average Bonchev–Trinajstić information content (AvgIpc) is 2.21. The third kappa shape index (κ3) is 9.09. The van der Waals surface area contributed by atoms with Gasteiger partial charge in [-0.1, -0.05) is 0 Å². The van der Waals surface area contributed by atoms with E-state index in [0.29, 0.717) is 0 Å². The Kier molecular flexibility index (Phi) is 12.0. The standard InChI is InChI=1S/C12H27AsO/c1-4-7-10-13(11-8-5-2)14-12-9-6-3/h4-12H2,1-3H3. The molecule has 1 nitrogen and oxygen atoms in total. The van der Waals surface area contributed by atoms with Crippen molar-refractivity contribution in [3.05, 3.63) is 0 Å². The predicted octanol–water partition coefficient (Wildman–Crippen LogP) is 4.39. The first-order chi connectivity index (χ1) is 6.85. The van der Waals surface area contributed by atoms with E-state index in [9.17, 15) is 0 Å². The molecule has 0 aromatic heterocycles. The summed E-state index contributed by atoms with van der Waals surface area (Å²) in [6.45, 7) is 7.82. The van der Waals surface area contributed by atoms with Gasteiger partial charge in [0, 0.05) is 0 Å². The van der Waals surface area contributed by atoms with Crippen LogP contribution in [0.15, 0.2) is 0 Å². The van der Waals surface area contributed by atoms with E-state index in [2.05, 4.69) is 20.8 Å². The second kappa shape index (κ2) is 11.6. The molecule has 0 radical (unpaired) electrons. The van der Waals surface area contributed by atoms with E-state index >= 15 is 0 Å². The molecule has 0 saturated carbocycles. The van der Waals surface area contributed by atoms with Crippen molar-refractivity contribution in [2.24, 2.45) is 0 Å². The zero-order chi connectivity index (χ0) is 10.6. The van der Waals surface area contributed by atoms with Crippen LogP contribution in [0, 0.1) is 0 Å². The number of rotatable bonds is 10. The molecule has 0 atom stereocenters. The second-order valence-corrected chi connectivity index (χ2v) is 8.26. The van der Waals surface area contributed by atoms with Crippen molar-refractivity contribution in [2.45, 2.75) is 69.7 Å². The first-order valence-electron chi connectivity index (χ1n) is 6.23. The van der Waals surface area contributed by atoms with Crippen LogP contribution in [0.2, 0.25) is 10.4 Å². The molecule has 0 aromatic rings. The van der Waals surface area contributed by atoms with Crippen molar-refractivity contribution in [3.8, 4) is 0 Å². The predicted molar refractivity (Wildman–Crippen MR) is 66.0 cm³/mol. The molecule has 0 rings (SSSR count). The zero-order valence-corrected chi connectivity index (χ0v) is 12.1. The van der Waals surface area contributed by atoms with E-state index in [0.717, 1.165) is 6.61 Å². The number of hydrogen-bond acceptors (Lipinski definition) is 1. The van der Waals surface area contributed by atoms with Crippen molar-refractivity contribution in [2.75, 3.05) is 6.61 Å². The Morgan fingerprint density at radius 3 is 1.71 bits per heavy atom. The fourth-order valence-corrected chi connectivity index (χ4v) is 5.88. The fraction of sp³-hybridized carbons (Fsp3) is 1.00. The van der Waals surface area contributed by atoms with Gasteiger partial charge in [0.1, 0.15) is 0 Å². The van der Waals surface area contributed by atoms with Crippen LogP contribution in [0.25, 0.3) is 0 Å². The van der Waals surface area contributed by atoms with Gasteiger partial charge in [-0.3, -0.25) is 0 Å². The SMILES string of the molecule is CCCCO[As](CCCC)CCCC. The summed E-state index contributed by atoms with van der Waals surface area (Å²) >= 11 is -0.868. The first kappa shape index (κ1) is 14.5. The molecule has 0 aliphatic carbocycles. The van der Waals surface area contributed by atoms with E-state index in [-0.39, 0.29) is 0 Å². The van der Waals surface area contributed by atoms with Gasteiger partial charge in [0.2, 0.25) is 0 Å². The molecular formula is C12H27AsO. The minimum absolute atomic E-state index is 0.868. The Balaban J connectivity index is 3.49. The van der Waals surface area contributed by atoms with Gasteiger partial charge in [0.05, 0.1) is 0 Å². The molecule has 86 valence electrons. The van der Waals surface area contributed by atoms with E-state index in [4.69, 9.17) is 3.73 Å². The molecule has 0 N–H and O–H groups in total. The van der Waals surface area contributed by atoms with Gasteiger partial charge in [0.15, 0.2) is 0 Å². The van der Waals surface area contributed by atoms with Crippen LogP contribution >= 0.6 is 0 Å². The monoisotopic (exact) mass is 262 g/mol. The summed E-state index contributed by atoms with van der Waals surface area (Å²) in [5.74, 6) is 0. The molecule has 2 heteroatoms. The van der Waals surface area contributed by atoms with Crippen LogP contribution in [-0.2, 0) is 3.73 Å². The zero-order valence-electron chi connectivity index (χ0n) is 10.2. The molecule has 0 amide bonds. The van der Waals surface area contributed by atoms with E-state index in [1.54, 1.807) is 0 Å². The molecule has 0 spiro atoms. The Hall–Kier alpha value is 0.518. The molecule has 0 unspecified atom stereocenters. The van der Waals surface area contributed by atoms with Crippen molar-refractivity contribution in [1.29, 1.82) is 0 Å². The topological polar surface area (TPSA) is 9.23 Å². The van der Waals surface area contributed by atoms with Crippen LogP contribution in [0.4, 0.5) is 0 Å². The summed E-state index contributed by atoms with van der Waals surface area (Å²) in [5.41, 5.74) is 0. The van der Waals surface area contributed by atoms with Crippen LogP contribution in [0.3, 0.4) is 0 Å². The fourth-order valence-electron chi connectivity index (χ4n) is 1.25. The minimum atomic E-state index is -0.868. The van der Waals surface area contributed by atoms with Gasteiger partial charge >= 0.3 is 95.0 Å². The third-order valence-corrected chi connectivity index (χ3v) is 6.86. The molecule has 0 heterocycles. The summed E-state index contributed by atoms with van der Waals surface area (Å²) in [4.78, 5) is 0. The maximum atomic E-state index is 6.03. The first-order valence-corrected chi connectivity index (χ1v) is 9.65. The summed E-state index contributed by atoms with van der Waals surface area (Å²) in [7, 11) is 0. The molecular weight excluding hydrogens is 235 g/mol. The normalized spacial score (nSPS) is 11.1. The summed E-state index contributed by atoms with van der Waals surface area (Å²) < 4.78 is 6.03. The molecule has 0 saturated heterocycles. The van der Waals surface area contributed by atoms with Gasteiger partial charge in [-0.05, 0) is 0 Å². The molecule has 0 bridgehead atoms. The van der Waals surface area contributed by atoms with Gasteiger partial charge < -0.3 is 0 Å². The van der Waals surface area contributed by atoms with Gasteiger partial charge in [-0.25, -0.2) is 0 Å². The number of hydrogen-bond donors (Lipinski definition) is 0. The van der Waals surface area contributed by atoms with E-state index in [1.807, 2.05) is 0 Å². The van der Waals surface area contributed by atoms with Crippen LogP contribution in [0.5, 0.6) is 0 Å². The van der Waals surface area contributed by atoms with Crippen molar-refractivity contribution in [3.63, 3.8) is 0 Å². The van der Waals surface area contributed by atoms with Crippen LogP contribution in [-0.4, -0.2) is 21.6 Å². The Bertz CT molecular complexity index is 98.5. The summed E-state index contributed by atoms with van der Waals surface area (Å²) in [5, 5.41) is 2.82. The van der Waals surface area contributed by atoms with Gasteiger partial charge in [-0.15, -0.1) is 0 Å².